The van der Waals surface area contributed by atoms with Gasteiger partial charge in [-0.05, 0) is 48.7 Å². The van der Waals surface area contributed by atoms with Crippen LogP contribution in [0.1, 0.15) is 34.1 Å². The topological polar surface area (TPSA) is 67.2 Å². The Labute approximate surface area is 175 Å². The Hall–Kier alpha value is -3.41. The maximum absolute atomic E-state index is 13.1. The third-order valence-corrected chi connectivity index (χ3v) is 6.10. The predicted molar refractivity (Wildman–Crippen MR) is 115 cm³/mol. The Kier molecular flexibility index (Phi) is 4.83. The standard InChI is InChI=1S/C24H24N4O2/c29-23(18-6-2-1-3-7-18)27-14-17-12-19(16-27)22-10-9-21(24(30)28(22)15-17)26-13-20-8-4-5-11-25-20/h1-11,17,19,26H,12-16H2/t17-,19-/m1/s1. The molecule has 30 heavy (non-hydrogen) atoms. The van der Waals surface area contributed by atoms with Crippen LogP contribution in [-0.4, -0.2) is 33.4 Å². The number of amides is 1. The number of pyridine rings is 2. The summed E-state index contributed by atoms with van der Waals surface area (Å²) >= 11 is 0. The van der Waals surface area contributed by atoms with Crippen LogP contribution in [0, 0.1) is 5.92 Å². The van der Waals surface area contributed by atoms with E-state index in [1.54, 1.807) is 6.20 Å². The van der Waals surface area contributed by atoms with Gasteiger partial charge in [0.05, 0.1) is 12.2 Å². The molecule has 0 aliphatic carbocycles. The van der Waals surface area contributed by atoms with E-state index in [1.807, 2.05) is 70.1 Å². The molecule has 0 radical (unpaired) electrons. The fourth-order valence-corrected chi connectivity index (χ4v) is 4.70. The van der Waals surface area contributed by atoms with E-state index < -0.39 is 0 Å². The normalized spacial score (nSPS) is 19.8. The molecule has 6 heteroatoms. The van der Waals surface area contributed by atoms with Crippen molar-refractivity contribution in [3.63, 3.8) is 0 Å². The summed E-state index contributed by atoms with van der Waals surface area (Å²) in [5.74, 6) is 0.574. The molecule has 2 aliphatic rings. The molecular weight excluding hydrogens is 376 g/mol. The van der Waals surface area contributed by atoms with Gasteiger partial charge in [0.1, 0.15) is 5.69 Å². The number of likely N-dealkylation sites (tertiary alicyclic amines) is 1. The Morgan fingerprint density at radius 1 is 1.00 bits per heavy atom. The van der Waals surface area contributed by atoms with Gasteiger partial charge in [-0.15, -0.1) is 0 Å². The monoisotopic (exact) mass is 400 g/mol. The van der Waals surface area contributed by atoms with Gasteiger partial charge in [0.2, 0.25) is 0 Å². The molecule has 2 aromatic heterocycles. The SMILES string of the molecule is O=C(c1ccccc1)N1C[C@H]2C[C@H](C1)c1ccc(NCc3ccccn3)c(=O)n1C2. The number of fused-ring (bicyclic) bond motifs is 4. The Bertz CT molecular complexity index is 1110. The molecule has 2 bridgehead atoms. The van der Waals surface area contributed by atoms with Crippen molar-refractivity contribution in [2.75, 3.05) is 18.4 Å². The van der Waals surface area contributed by atoms with Gasteiger partial charge in [-0.2, -0.15) is 0 Å². The van der Waals surface area contributed by atoms with Gasteiger partial charge in [-0.25, -0.2) is 0 Å². The van der Waals surface area contributed by atoms with Crippen LogP contribution in [0.5, 0.6) is 0 Å². The molecule has 5 rings (SSSR count). The van der Waals surface area contributed by atoms with E-state index in [2.05, 4.69) is 10.3 Å². The van der Waals surface area contributed by atoms with E-state index >= 15 is 0 Å². The molecular formula is C24H24N4O2. The number of hydrogen-bond acceptors (Lipinski definition) is 4. The van der Waals surface area contributed by atoms with E-state index in [9.17, 15) is 9.59 Å². The lowest BCUT2D eigenvalue weighted by molar-refractivity contribution is 0.0594. The lowest BCUT2D eigenvalue weighted by Gasteiger charge is -2.43. The summed E-state index contributed by atoms with van der Waals surface area (Å²) in [7, 11) is 0. The number of carbonyl (C=O) groups is 1. The van der Waals surface area contributed by atoms with Crippen molar-refractivity contribution in [2.45, 2.75) is 25.4 Å². The van der Waals surface area contributed by atoms with Crippen molar-refractivity contribution < 1.29 is 4.79 Å². The van der Waals surface area contributed by atoms with Crippen molar-refractivity contribution in [1.29, 1.82) is 0 Å². The van der Waals surface area contributed by atoms with Crippen LogP contribution >= 0.6 is 0 Å². The summed E-state index contributed by atoms with van der Waals surface area (Å²) in [6.45, 7) is 2.52. The summed E-state index contributed by atoms with van der Waals surface area (Å²) < 4.78 is 1.91. The first-order valence-corrected chi connectivity index (χ1v) is 10.4. The number of nitrogens with one attached hydrogen (secondary N) is 1. The van der Waals surface area contributed by atoms with Crippen molar-refractivity contribution in [3.05, 3.63) is 94.2 Å². The fourth-order valence-electron chi connectivity index (χ4n) is 4.70. The minimum atomic E-state index is 0.0148. The first kappa shape index (κ1) is 18.6. The van der Waals surface area contributed by atoms with E-state index in [0.29, 0.717) is 37.8 Å². The highest BCUT2D eigenvalue weighted by molar-refractivity contribution is 5.94. The number of carbonyl (C=O) groups excluding carboxylic acids is 1. The summed E-state index contributed by atoms with van der Waals surface area (Å²) in [5.41, 5.74) is 3.27. The molecule has 2 aliphatic heterocycles. The number of benzene rings is 1. The van der Waals surface area contributed by atoms with Gasteiger partial charge in [0.25, 0.3) is 11.5 Å². The van der Waals surface area contributed by atoms with Gasteiger partial charge >= 0.3 is 0 Å². The maximum Gasteiger partial charge on any atom is 0.274 e. The third-order valence-electron chi connectivity index (χ3n) is 6.10. The average molecular weight is 400 g/mol. The third kappa shape index (κ3) is 3.49. The summed E-state index contributed by atoms with van der Waals surface area (Å²) in [6.07, 6.45) is 2.78. The van der Waals surface area contributed by atoms with Crippen LogP contribution in [-0.2, 0) is 13.1 Å². The Morgan fingerprint density at radius 2 is 1.83 bits per heavy atom. The van der Waals surface area contributed by atoms with Gasteiger partial charge in [-0.3, -0.25) is 14.6 Å². The van der Waals surface area contributed by atoms with E-state index in [-0.39, 0.29) is 17.4 Å². The zero-order chi connectivity index (χ0) is 20.5. The predicted octanol–water partition coefficient (Wildman–Crippen LogP) is 3.11. The highest BCUT2D eigenvalue weighted by atomic mass is 16.2. The van der Waals surface area contributed by atoms with E-state index in [0.717, 1.165) is 23.4 Å². The summed E-state index contributed by atoms with van der Waals surface area (Å²) in [5, 5.41) is 3.23. The molecule has 1 saturated heterocycles. The molecule has 3 aromatic rings. The average Bonchev–Trinajstić information content (AvgIpc) is 2.80. The number of aromatic nitrogens is 2. The molecule has 2 atom stereocenters. The van der Waals surface area contributed by atoms with Crippen molar-refractivity contribution in [3.8, 4) is 0 Å². The molecule has 0 saturated carbocycles. The minimum absolute atomic E-state index is 0.0148. The van der Waals surface area contributed by atoms with Gasteiger partial charge in [0.15, 0.2) is 0 Å². The number of piperidine rings is 1. The quantitative estimate of drug-likeness (QED) is 0.731. The van der Waals surface area contributed by atoms with Crippen LogP contribution in [0.3, 0.4) is 0 Å². The van der Waals surface area contributed by atoms with Crippen LogP contribution in [0.2, 0.25) is 0 Å². The Balaban J connectivity index is 1.36. The smallest absolute Gasteiger partial charge is 0.274 e. The van der Waals surface area contributed by atoms with Gasteiger partial charge in [-0.1, -0.05) is 24.3 Å². The van der Waals surface area contributed by atoms with Crippen molar-refractivity contribution in [1.82, 2.24) is 14.5 Å². The molecule has 0 unspecified atom stereocenters. The molecule has 152 valence electrons. The van der Waals surface area contributed by atoms with Crippen LogP contribution < -0.4 is 10.9 Å². The van der Waals surface area contributed by atoms with Crippen molar-refractivity contribution >= 4 is 11.6 Å². The van der Waals surface area contributed by atoms with Gasteiger partial charge < -0.3 is 14.8 Å². The zero-order valence-corrected chi connectivity index (χ0v) is 16.7. The van der Waals surface area contributed by atoms with Gasteiger partial charge in [0, 0.05) is 43.0 Å². The number of nitrogens with zero attached hydrogens (tertiary/aromatic N) is 3. The fraction of sp³-hybridized carbons (Fsp3) is 0.292. The second-order valence-corrected chi connectivity index (χ2v) is 8.14. The highest BCUT2D eigenvalue weighted by Crippen LogP contribution is 2.36. The number of rotatable bonds is 4. The molecule has 1 amide bonds. The lowest BCUT2D eigenvalue weighted by Crippen LogP contribution is -2.49. The minimum Gasteiger partial charge on any atom is -0.375 e. The largest absolute Gasteiger partial charge is 0.375 e. The molecule has 6 nitrogen and oxygen atoms in total. The first-order valence-electron chi connectivity index (χ1n) is 10.4. The Morgan fingerprint density at radius 3 is 2.63 bits per heavy atom. The molecule has 4 heterocycles. The van der Waals surface area contributed by atoms with Crippen LogP contribution in [0.4, 0.5) is 5.69 Å². The highest BCUT2D eigenvalue weighted by Gasteiger charge is 2.36. The number of hydrogen-bond donors (Lipinski definition) is 1. The molecule has 1 fully saturated rings. The lowest BCUT2D eigenvalue weighted by atomic mass is 9.83. The molecule has 1 N–H and O–H groups in total. The first-order chi connectivity index (χ1) is 14.7. The zero-order valence-electron chi connectivity index (χ0n) is 16.7. The number of anilines is 1. The maximum atomic E-state index is 13.1. The van der Waals surface area contributed by atoms with Crippen LogP contribution in [0.25, 0.3) is 0 Å². The summed E-state index contributed by atoms with van der Waals surface area (Å²) in [4.78, 5) is 32.3. The second-order valence-electron chi connectivity index (χ2n) is 8.14. The van der Waals surface area contributed by atoms with Crippen molar-refractivity contribution in [2.24, 2.45) is 5.92 Å². The van der Waals surface area contributed by atoms with E-state index in [4.69, 9.17) is 0 Å². The molecule has 1 aromatic carbocycles. The second kappa shape index (κ2) is 7.78. The summed E-state index contributed by atoms with van der Waals surface area (Å²) in [6, 6.07) is 19.1. The van der Waals surface area contributed by atoms with Crippen LogP contribution in [0.15, 0.2) is 71.7 Å². The van der Waals surface area contributed by atoms with E-state index in [1.165, 1.54) is 0 Å². The molecule has 0 spiro atoms.